The number of rotatable bonds is 5. The molecule has 1 aliphatic rings. The number of halogens is 1. The largest absolute Gasteiger partial charge is 0.325 e. The van der Waals surface area contributed by atoms with Gasteiger partial charge in [0.1, 0.15) is 5.82 Å². The molecule has 1 amide bonds. The molecule has 0 saturated carbocycles. The van der Waals surface area contributed by atoms with E-state index in [1.165, 1.54) is 23.3 Å². The van der Waals surface area contributed by atoms with Crippen LogP contribution in [-0.2, 0) is 11.2 Å². The highest BCUT2D eigenvalue weighted by Gasteiger charge is 2.28. The standard InChI is InChI=1S/C20H19FN2O/c1-2-12-23(19-11-10-15-6-3-4-9-18(15)19)14-20(24)22-17-8-5-7-16(21)13-17/h1,3-9,13,19H,10-12,14H2,(H,22,24)/t19-/m1/s1. The third kappa shape index (κ3) is 3.64. The lowest BCUT2D eigenvalue weighted by Gasteiger charge is -2.27. The first-order valence-corrected chi connectivity index (χ1v) is 7.98. The molecule has 3 rings (SSSR count). The van der Waals surface area contributed by atoms with Crippen molar-refractivity contribution in [3.05, 3.63) is 65.5 Å². The maximum absolute atomic E-state index is 13.2. The normalized spacial score (nSPS) is 15.8. The predicted molar refractivity (Wildman–Crippen MR) is 92.9 cm³/mol. The molecule has 1 atom stereocenters. The second-order valence-electron chi connectivity index (χ2n) is 5.92. The Kier molecular flexibility index (Phi) is 4.93. The Labute approximate surface area is 141 Å². The van der Waals surface area contributed by atoms with Gasteiger partial charge in [-0.1, -0.05) is 36.3 Å². The first-order valence-electron chi connectivity index (χ1n) is 7.98. The zero-order valence-electron chi connectivity index (χ0n) is 13.3. The number of nitrogens with one attached hydrogen (secondary N) is 1. The van der Waals surface area contributed by atoms with Gasteiger partial charge in [0.05, 0.1) is 13.1 Å². The molecule has 0 spiro atoms. The Balaban J connectivity index is 1.71. The highest BCUT2D eigenvalue weighted by Crippen LogP contribution is 2.35. The molecule has 0 aliphatic heterocycles. The monoisotopic (exact) mass is 322 g/mol. The molecular formula is C20H19FN2O. The van der Waals surface area contributed by atoms with Gasteiger partial charge < -0.3 is 5.32 Å². The highest BCUT2D eigenvalue weighted by molar-refractivity contribution is 5.92. The number of carbonyl (C=O) groups excluding carboxylic acids is 1. The SMILES string of the molecule is C#CCN(CC(=O)Nc1cccc(F)c1)[C@@H]1CCc2ccccc21. The summed E-state index contributed by atoms with van der Waals surface area (Å²) in [5.41, 5.74) is 3.01. The second kappa shape index (κ2) is 7.29. The van der Waals surface area contributed by atoms with Gasteiger partial charge in [-0.15, -0.1) is 6.42 Å². The van der Waals surface area contributed by atoms with Crippen molar-refractivity contribution in [3.63, 3.8) is 0 Å². The topological polar surface area (TPSA) is 32.3 Å². The highest BCUT2D eigenvalue weighted by atomic mass is 19.1. The molecule has 0 bridgehead atoms. The van der Waals surface area contributed by atoms with Gasteiger partial charge in [-0.3, -0.25) is 9.69 Å². The van der Waals surface area contributed by atoms with Crippen LogP contribution in [0.5, 0.6) is 0 Å². The van der Waals surface area contributed by atoms with Crippen LogP contribution in [0, 0.1) is 18.2 Å². The molecule has 3 nitrogen and oxygen atoms in total. The lowest BCUT2D eigenvalue weighted by molar-refractivity contribution is -0.117. The Morgan fingerprint density at radius 2 is 2.12 bits per heavy atom. The van der Waals surface area contributed by atoms with E-state index in [0.29, 0.717) is 12.2 Å². The summed E-state index contributed by atoms with van der Waals surface area (Å²) in [6.45, 7) is 0.579. The van der Waals surface area contributed by atoms with E-state index >= 15 is 0 Å². The molecule has 0 aromatic heterocycles. The van der Waals surface area contributed by atoms with Crippen LogP contribution in [0.25, 0.3) is 0 Å². The van der Waals surface area contributed by atoms with Gasteiger partial charge in [0, 0.05) is 11.7 Å². The van der Waals surface area contributed by atoms with Crippen LogP contribution < -0.4 is 5.32 Å². The Hall–Kier alpha value is -2.64. The van der Waals surface area contributed by atoms with Crippen LogP contribution in [-0.4, -0.2) is 23.9 Å². The summed E-state index contributed by atoms with van der Waals surface area (Å²) < 4.78 is 13.2. The van der Waals surface area contributed by atoms with E-state index in [-0.39, 0.29) is 24.3 Å². The van der Waals surface area contributed by atoms with E-state index in [9.17, 15) is 9.18 Å². The lowest BCUT2D eigenvalue weighted by atomic mass is 10.1. The van der Waals surface area contributed by atoms with Crippen molar-refractivity contribution in [2.24, 2.45) is 0 Å². The number of carbonyl (C=O) groups is 1. The summed E-state index contributed by atoms with van der Waals surface area (Å²) in [7, 11) is 0. The molecule has 0 radical (unpaired) electrons. The van der Waals surface area contributed by atoms with Crippen molar-refractivity contribution < 1.29 is 9.18 Å². The molecule has 24 heavy (non-hydrogen) atoms. The van der Waals surface area contributed by atoms with E-state index in [1.807, 2.05) is 17.0 Å². The molecule has 4 heteroatoms. The fraction of sp³-hybridized carbons (Fsp3) is 0.250. The van der Waals surface area contributed by atoms with Crippen molar-refractivity contribution in [1.82, 2.24) is 4.90 Å². The minimum absolute atomic E-state index is 0.149. The molecule has 0 heterocycles. The summed E-state index contributed by atoms with van der Waals surface area (Å²) in [4.78, 5) is 14.3. The van der Waals surface area contributed by atoms with Gasteiger partial charge in [-0.25, -0.2) is 4.39 Å². The number of terminal acetylenes is 1. The molecule has 122 valence electrons. The zero-order chi connectivity index (χ0) is 16.9. The number of aryl methyl sites for hydroxylation is 1. The van der Waals surface area contributed by atoms with Gasteiger partial charge >= 0.3 is 0 Å². The number of hydrogen-bond donors (Lipinski definition) is 1. The number of hydrogen-bond acceptors (Lipinski definition) is 2. The van der Waals surface area contributed by atoms with Gasteiger partial charge in [-0.2, -0.15) is 0 Å². The van der Waals surface area contributed by atoms with Crippen LogP contribution in [0.1, 0.15) is 23.6 Å². The first kappa shape index (κ1) is 16.2. The zero-order valence-corrected chi connectivity index (χ0v) is 13.3. The number of benzene rings is 2. The maximum atomic E-state index is 13.2. The third-order valence-electron chi connectivity index (χ3n) is 4.29. The molecular weight excluding hydrogens is 303 g/mol. The molecule has 2 aromatic carbocycles. The van der Waals surface area contributed by atoms with Gasteiger partial charge in [-0.05, 0) is 42.2 Å². The summed E-state index contributed by atoms with van der Waals surface area (Å²) >= 11 is 0. The van der Waals surface area contributed by atoms with Gasteiger partial charge in [0.25, 0.3) is 0 Å². The van der Waals surface area contributed by atoms with Gasteiger partial charge in [0.15, 0.2) is 0 Å². The first-order chi connectivity index (χ1) is 11.7. The molecule has 2 aromatic rings. The maximum Gasteiger partial charge on any atom is 0.238 e. The minimum atomic E-state index is -0.377. The van der Waals surface area contributed by atoms with Crippen molar-refractivity contribution in [3.8, 4) is 12.3 Å². The molecule has 0 fully saturated rings. The Morgan fingerprint density at radius 1 is 1.29 bits per heavy atom. The van der Waals surface area contributed by atoms with Crippen LogP contribution in [0.3, 0.4) is 0 Å². The van der Waals surface area contributed by atoms with Crippen molar-refractivity contribution >= 4 is 11.6 Å². The third-order valence-corrected chi connectivity index (χ3v) is 4.29. The predicted octanol–water partition coefficient (Wildman–Crippen LogP) is 3.39. The average molecular weight is 322 g/mol. The van der Waals surface area contributed by atoms with Crippen molar-refractivity contribution in [2.75, 3.05) is 18.4 Å². The van der Waals surface area contributed by atoms with Crippen LogP contribution in [0.15, 0.2) is 48.5 Å². The van der Waals surface area contributed by atoms with Crippen LogP contribution in [0.2, 0.25) is 0 Å². The van der Waals surface area contributed by atoms with E-state index in [2.05, 4.69) is 23.4 Å². The number of amides is 1. The number of nitrogens with zero attached hydrogens (tertiary/aromatic N) is 1. The summed E-state index contributed by atoms with van der Waals surface area (Å²) in [5, 5.41) is 2.73. The minimum Gasteiger partial charge on any atom is -0.325 e. The van der Waals surface area contributed by atoms with Crippen LogP contribution >= 0.6 is 0 Å². The number of anilines is 1. The quantitative estimate of drug-likeness (QED) is 0.856. The fourth-order valence-corrected chi connectivity index (χ4v) is 3.26. The van der Waals surface area contributed by atoms with Gasteiger partial charge in [0.2, 0.25) is 5.91 Å². The number of fused-ring (bicyclic) bond motifs is 1. The van der Waals surface area contributed by atoms with E-state index < -0.39 is 0 Å². The van der Waals surface area contributed by atoms with E-state index in [0.717, 1.165) is 12.8 Å². The summed E-state index contributed by atoms with van der Waals surface area (Å²) in [5.74, 6) is 2.07. The Morgan fingerprint density at radius 3 is 2.92 bits per heavy atom. The molecule has 1 N–H and O–H groups in total. The van der Waals surface area contributed by atoms with Crippen LogP contribution in [0.4, 0.5) is 10.1 Å². The summed E-state index contributed by atoms with van der Waals surface area (Å²) in [6.07, 6.45) is 7.44. The Bertz CT molecular complexity index is 781. The van der Waals surface area contributed by atoms with E-state index in [4.69, 9.17) is 6.42 Å². The smallest absolute Gasteiger partial charge is 0.238 e. The van der Waals surface area contributed by atoms with Crippen molar-refractivity contribution in [2.45, 2.75) is 18.9 Å². The fourth-order valence-electron chi connectivity index (χ4n) is 3.26. The van der Waals surface area contributed by atoms with E-state index in [1.54, 1.807) is 12.1 Å². The summed E-state index contributed by atoms with van der Waals surface area (Å²) in [6, 6.07) is 14.3. The molecule has 0 unspecified atom stereocenters. The van der Waals surface area contributed by atoms with Crippen molar-refractivity contribution in [1.29, 1.82) is 0 Å². The average Bonchev–Trinajstić information content (AvgIpc) is 2.98. The lowest BCUT2D eigenvalue weighted by Crippen LogP contribution is -2.36. The second-order valence-corrected chi connectivity index (χ2v) is 5.92. The molecule has 1 aliphatic carbocycles. The molecule has 0 saturated heterocycles.